The summed E-state index contributed by atoms with van der Waals surface area (Å²) in [5.74, 6) is -2.04. The van der Waals surface area contributed by atoms with E-state index in [2.05, 4.69) is 0 Å². The van der Waals surface area contributed by atoms with Gasteiger partial charge in [0.1, 0.15) is 0 Å². The van der Waals surface area contributed by atoms with Crippen LogP contribution in [0, 0.1) is 0 Å². The molecule has 0 spiro atoms. The molecular weight excluding hydrogens is 488 g/mol. The van der Waals surface area contributed by atoms with Gasteiger partial charge in [-0.2, -0.15) is 16.8 Å². The molecule has 0 saturated heterocycles. The molecule has 0 N–H and O–H groups in total. The summed E-state index contributed by atoms with van der Waals surface area (Å²) < 4.78 is 96.5. The minimum atomic E-state index is -4.80. The van der Waals surface area contributed by atoms with E-state index < -0.39 is 54.3 Å². The molecule has 0 bridgehead atoms. The van der Waals surface area contributed by atoms with Gasteiger partial charge in [-0.3, -0.25) is 0 Å². The molecule has 2 aromatic rings. The van der Waals surface area contributed by atoms with Crippen LogP contribution in [0.4, 0.5) is 7.77 Å². The summed E-state index contributed by atoms with van der Waals surface area (Å²) >= 11 is 0. The highest BCUT2D eigenvalue weighted by molar-refractivity contribution is 7.88. The monoisotopic (exact) mass is 515 g/mol. The topological polar surface area (TPSA) is 114 Å². The molecule has 0 amide bonds. The van der Waals surface area contributed by atoms with Gasteiger partial charge < -0.3 is 9.47 Å². The maximum Gasteiger partial charge on any atom is 0.304 e. The molecule has 0 aliphatic carbocycles. The largest absolute Gasteiger partial charge is 0.346 e. The fraction of sp³-hybridized carbons (Fsp3) is 0.556. The summed E-state index contributed by atoms with van der Waals surface area (Å²) in [4.78, 5) is 1.96. The standard InChI is InChI=1S/C18H27F2N3O6S3/c1-21(2)7-6-16-13-23(9-11-31(20,26)27)18-5-4-15(12-17(16)18)14-32(28,29)22(3)8-10-30(19,24)25/h4-5,12-13H,6-11,14H2,1-3H3. The maximum absolute atomic E-state index is 13.0. The summed E-state index contributed by atoms with van der Waals surface area (Å²) in [6.07, 6.45) is 2.33. The molecule has 9 nitrogen and oxygen atoms in total. The lowest BCUT2D eigenvalue weighted by molar-refractivity contribution is 0.414. The van der Waals surface area contributed by atoms with Crippen molar-refractivity contribution in [2.24, 2.45) is 0 Å². The van der Waals surface area contributed by atoms with Crippen LogP contribution in [0.3, 0.4) is 0 Å². The van der Waals surface area contributed by atoms with Crippen molar-refractivity contribution in [3.63, 3.8) is 0 Å². The number of sulfonamides is 1. The molecule has 1 heterocycles. The van der Waals surface area contributed by atoms with Gasteiger partial charge in [0.25, 0.3) is 0 Å². The van der Waals surface area contributed by atoms with Gasteiger partial charge in [0.15, 0.2) is 0 Å². The Hall–Kier alpha value is -1.61. The number of rotatable bonds is 12. The van der Waals surface area contributed by atoms with Crippen molar-refractivity contribution in [1.82, 2.24) is 13.8 Å². The summed E-state index contributed by atoms with van der Waals surface area (Å²) in [5, 5.41) is 0.713. The van der Waals surface area contributed by atoms with Gasteiger partial charge in [-0.05, 0) is 43.8 Å². The SMILES string of the molecule is CN(C)CCc1cn(CCS(=O)(=O)F)c2ccc(CS(=O)(=O)N(C)CCS(=O)(=O)F)cc12. The highest BCUT2D eigenvalue weighted by Gasteiger charge is 2.22. The Morgan fingerprint density at radius 2 is 1.53 bits per heavy atom. The van der Waals surface area contributed by atoms with Crippen molar-refractivity contribution < 1.29 is 33.0 Å². The van der Waals surface area contributed by atoms with Crippen molar-refractivity contribution in [2.75, 3.05) is 45.7 Å². The number of halogens is 2. The molecule has 0 fully saturated rings. The molecule has 0 aliphatic rings. The molecule has 0 radical (unpaired) electrons. The number of nitrogens with zero attached hydrogens (tertiary/aromatic N) is 3. The fourth-order valence-electron chi connectivity index (χ4n) is 3.14. The van der Waals surface area contributed by atoms with Gasteiger partial charge in [-0.1, -0.05) is 6.07 Å². The second-order valence-electron chi connectivity index (χ2n) is 7.82. The van der Waals surface area contributed by atoms with Gasteiger partial charge in [0, 0.05) is 43.8 Å². The number of aryl methyl sites for hydroxylation is 1. The molecule has 0 unspecified atom stereocenters. The van der Waals surface area contributed by atoms with Crippen molar-refractivity contribution in [3.05, 3.63) is 35.5 Å². The summed E-state index contributed by atoms with van der Waals surface area (Å²) in [7, 11) is -8.40. The van der Waals surface area contributed by atoms with E-state index in [1.165, 1.54) is 7.05 Å². The first-order valence-corrected chi connectivity index (χ1v) is 14.3. The van der Waals surface area contributed by atoms with Crippen molar-refractivity contribution in [3.8, 4) is 0 Å². The third-order valence-electron chi connectivity index (χ3n) is 4.91. The summed E-state index contributed by atoms with van der Waals surface area (Å²) in [6, 6.07) is 4.85. The van der Waals surface area contributed by atoms with Gasteiger partial charge in [-0.25, -0.2) is 12.7 Å². The second-order valence-corrected chi connectivity index (χ2v) is 12.9. The number of fused-ring (bicyclic) bond motifs is 1. The van der Waals surface area contributed by atoms with Gasteiger partial charge in [0.2, 0.25) is 10.0 Å². The third-order valence-corrected chi connectivity index (χ3v) is 8.08. The molecule has 0 aliphatic heterocycles. The Labute approximate surface area is 188 Å². The summed E-state index contributed by atoms with van der Waals surface area (Å²) in [6.45, 7) is 0.0878. The lowest BCUT2D eigenvalue weighted by atomic mass is 10.1. The molecule has 2 rings (SSSR count). The van der Waals surface area contributed by atoms with Crippen molar-refractivity contribution >= 4 is 41.4 Å². The number of aromatic nitrogens is 1. The molecule has 182 valence electrons. The smallest absolute Gasteiger partial charge is 0.304 e. The summed E-state index contributed by atoms with van der Waals surface area (Å²) in [5.41, 5.74) is 1.91. The Balaban J connectivity index is 2.35. The van der Waals surface area contributed by atoms with Crippen LogP contribution in [0.5, 0.6) is 0 Å². The van der Waals surface area contributed by atoms with Crippen LogP contribution in [-0.4, -0.2) is 84.8 Å². The second kappa shape index (κ2) is 10.1. The highest BCUT2D eigenvalue weighted by Crippen LogP contribution is 2.25. The Kier molecular flexibility index (Phi) is 8.42. The number of likely N-dealkylation sites (N-methyl/N-ethyl adjacent to an activating group) is 1. The lowest BCUT2D eigenvalue weighted by Gasteiger charge is -2.16. The normalized spacial score (nSPS) is 13.5. The average molecular weight is 516 g/mol. The minimum Gasteiger partial charge on any atom is -0.346 e. The quantitative estimate of drug-likeness (QED) is 0.389. The molecule has 14 heteroatoms. The van der Waals surface area contributed by atoms with Crippen LogP contribution < -0.4 is 0 Å². The van der Waals surface area contributed by atoms with Crippen LogP contribution in [0.1, 0.15) is 11.1 Å². The fourth-order valence-corrected chi connectivity index (χ4v) is 5.35. The number of hydrogen-bond donors (Lipinski definition) is 0. The molecule has 32 heavy (non-hydrogen) atoms. The maximum atomic E-state index is 13.0. The zero-order valence-electron chi connectivity index (χ0n) is 18.0. The third kappa shape index (κ3) is 8.06. The minimum absolute atomic E-state index is 0.0879. The Morgan fingerprint density at radius 3 is 2.09 bits per heavy atom. The predicted octanol–water partition coefficient (Wildman–Crippen LogP) is 1.11. The number of hydrogen-bond acceptors (Lipinski definition) is 7. The highest BCUT2D eigenvalue weighted by atomic mass is 32.3. The van der Waals surface area contributed by atoms with Crippen LogP contribution in [0.25, 0.3) is 10.9 Å². The van der Waals surface area contributed by atoms with E-state index in [-0.39, 0.29) is 6.54 Å². The molecule has 1 aromatic heterocycles. The van der Waals surface area contributed by atoms with Crippen LogP contribution >= 0.6 is 0 Å². The van der Waals surface area contributed by atoms with Crippen LogP contribution in [0.2, 0.25) is 0 Å². The van der Waals surface area contributed by atoms with Crippen molar-refractivity contribution in [2.45, 2.75) is 18.7 Å². The molecular formula is C18H27F2N3O6S3. The molecule has 0 saturated carbocycles. The van der Waals surface area contributed by atoms with E-state index in [9.17, 15) is 33.0 Å². The predicted molar refractivity (Wildman–Crippen MR) is 119 cm³/mol. The first kappa shape index (κ1) is 26.6. The van der Waals surface area contributed by atoms with Gasteiger partial charge in [-0.15, -0.1) is 7.77 Å². The van der Waals surface area contributed by atoms with E-state index in [0.29, 0.717) is 29.4 Å². The molecule has 0 atom stereocenters. The van der Waals surface area contributed by atoms with E-state index in [0.717, 1.165) is 9.87 Å². The number of benzene rings is 1. The van der Waals surface area contributed by atoms with E-state index in [1.54, 1.807) is 29.0 Å². The Bertz CT molecular complexity index is 1270. The Morgan fingerprint density at radius 1 is 0.906 bits per heavy atom. The lowest BCUT2D eigenvalue weighted by Crippen LogP contribution is -2.32. The van der Waals surface area contributed by atoms with E-state index in [4.69, 9.17) is 0 Å². The zero-order chi connectivity index (χ0) is 24.3. The van der Waals surface area contributed by atoms with Gasteiger partial charge in [0.05, 0.1) is 17.3 Å². The van der Waals surface area contributed by atoms with E-state index >= 15 is 0 Å². The first-order valence-electron chi connectivity index (χ1n) is 9.61. The van der Waals surface area contributed by atoms with Crippen LogP contribution in [-0.2, 0) is 49.2 Å². The zero-order valence-corrected chi connectivity index (χ0v) is 20.5. The van der Waals surface area contributed by atoms with Crippen LogP contribution in [0.15, 0.2) is 24.4 Å². The average Bonchev–Trinajstić information content (AvgIpc) is 2.98. The van der Waals surface area contributed by atoms with E-state index in [1.807, 2.05) is 19.0 Å². The van der Waals surface area contributed by atoms with Crippen molar-refractivity contribution in [1.29, 1.82) is 0 Å². The first-order chi connectivity index (χ1) is 14.6. The molecule has 1 aromatic carbocycles. The van der Waals surface area contributed by atoms with Gasteiger partial charge >= 0.3 is 20.4 Å².